The van der Waals surface area contributed by atoms with Crippen LogP contribution in [0.2, 0.25) is 0 Å². The van der Waals surface area contributed by atoms with Gasteiger partial charge in [-0.2, -0.15) is 0 Å². The first-order valence-corrected chi connectivity index (χ1v) is 7.45. The second kappa shape index (κ2) is 4.96. The van der Waals surface area contributed by atoms with Crippen molar-refractivity contribution in [2.45, 2.75) is 20.3 Å². The minimum absolute atomic E-state index is 0.0204. The number of anilines is 1. The molecule has 0 fully saturated rings. The fourth-order valence-corrected chi connectivity index (χ4v) is 3.49. The summed E-state index contributed by atoms with van der Waals surface area (Å²) in [7, 11) is 0. The molecule has 0 aliphatic carbocycles. The molecule has 2 heterocycles. The van der Waals surface area contributed by atoms with Crippen LogP contribution in [0.25, 0.3) is 0 Å². The number of non-ortho nitro benzene ring substituents is 1. The summed E-state index contributed by atoms with van der Waals surface area (Å²) in [4.78, 5) is 26.5. The molecule has 1 aromatic heterocycles. The SMILES string of the molecule is Cc1cc(C(=O)N2CCc3ccc([N+](=O)[O-])cc32)sc1C. The lowest BCUT2D eigenvalue weighted by Crippen LogP contribution is -2.28. The molecule has 5 nitrogen and oxygen atoms in total. The predicted octanol–water partition coefficient (Wildman–Crippen LogP) is 3.48. The molecule has 108 valence electrons. The van der Waals surface area contributed by atoms with Crippen molar-refractivity contribution >= 4 is 28.6 Å². The highest BCUT2D eigenvalue weighted by Gasteiger charge is 2.28. The molecule has 1 aliphatic heterocycles. The number of hydrogen-bond acceptors (Lipinski definition) is 4. The lowest BCUT2D eigenvalue weighted by molar-refractivity contribution is -0.384. The largest absolute Gasteiger partial charge is 0.307 e. The van der Waals surface area contributed by atoms with Gasteiger partial charge in [0.15, 0.2) is 0 Å². The van der Waals surface area contributed by atoms with Crippen LogP contribution in [0.4, 0.5) is 11.4 Å². The van der Waals surface area contributed by atoms with Gasteiger partial charge in [0, 0.05) is 23.6 Å². The lowest BCUT2D eigenvalue weighted by atomic mass is 10.1. The van der Waals surface area contributed by atoms with Gasteiger partial charge in [-0.05, 0) is 37.5 Å². The highest BCUT2D eigenvalue weighted by atomic mass is 32.1. The standard InChI is InChI=1S/C15H14N2O3S/c1-9-7-14(21-10(9)2)15(18)16-6-5-11-3-4-12(17(19)20)8-13(11)16/h3-4,7-8H,5-6H2,1-2H3. The summed E-state index contributed by atoms with van der Waals surface area (Å²) in [5, 5.41) is 10.9. The fourth-order valence-electron chi connectivity index (χ4n) is 2.50. The highest BCUT2D eigenvalue weighted by molar-refractivity contribution is 7.14. The average molecular weight is 302 g/mol. The number of carbonyl (C=O) groups excluding carboxylic acids is 1. The quantitative estimate of drug-likeness (QED) is 0.630. The molecule has 0 atom stereocenters. The third-order valence-corrected chi connectivity index (χ3v) is 4.94. The van der Waals surface area contributed by atoms with Crippen LogP contribution in [0.1, 0.15) is 25.7 Å². The Morgan fingerprint density at radius 1 is 1.33 bits per heavy atom. The third kappa shape index (κ3) is 2.31. The maximum absolute atomic E-state index is 12.6. The Balaban J connectivity index is 1.98. The number of thiophene rings is 1. The van der Waals surface area contributed by atoms with Crippen molar-refractivity contribution in [2.75, 3.05) is 11.4 Å². The van der Waals surface area contributed by atoms with Crippen LogP contribution in [0.5, 0.6) is 0 Å². The molecule has 1 aliphatic rings. The van der Waals surface area contributed by atoms with E-state index in [0.29, 0.717) is 17.1 Å². The van der Waals surface area contributed by atoms with Crippen molar-refractivity contribution < 1.29 is 9.72 Å². The van der Waals surface area contributed by atoms with E-state index in [9.17, 15) is 14.9 Å². The van der Waals surface area contributed by atoms with Crippen molar-refractivity contribution in [2.24, 2.45) is 0 Å². The Kier molecular flexibility index (Phi) is 3.25. The minimum Gasteiger partial charge on any atom is -0.307 e. The Bertz CT molecular complexity index is 732. The van der Waals surface area contributed by atoms with E-state index < -0.39 is 4.92 Å². The molecule has 0 saturated heterocycles. The van der Waals surface area contributed by atoms with E-state index >= 15 is 0 Å². The van der Waals surface area contributed by atoms with Gasteiger partial charge >= 0.3 is 0 Å². The summed E-state index contributed by atoms with van der Waals surface area (Å²) in [6.45, 7) is 4.54. The summed E-state index contributed by atoms with van der Waals surface area (Å²) in [6, 6.07) is 6.61. The Labute approximate surface area is 126 Å². The molecule has 2 aromatic rings. The van der Waals surface area contributed by atoms with E-state index in [2.05, 4.69) is 0 Å². The van der Waals surface area contributed by atoms with Gasteiger partial charge in [-0.25, -0.2) is 0 Å². The molecule has 1 aromatic carbocycles. The molecule has 0 spiro atoms. The number of nitro groups is 1. The maximum atomic E-state index is 12.6. The summed E-state index contributed by atoms with van der Waals surface area (Å²) < 4.78 is 0. The normalized spacial score (nSPS) is 13.3. The van der Waals surface area contributed by atoms with Crippen LogP contribution in [-0.4, -0.2) is 17.4 Å². The second-order valence-corrected chi connectivity index (χ2v) is 6.38. The van der Waals surface area contributed by atoms with E-state index in [1.165, 1.54) is 23.5 Å². The molecule has 0 radical (unpaired) electrons. The van der Waals surface area contributed by atoms with Gasteiger partial charge in [0.2, 0.25) is 0 Å². The van der Waals surface area contributed by atoms with Crippen LogP contribution in [0.15, 0.2) is 24.3 Å². The van der Waals surface area contributed by atoms with Crippen LogP contribution >= 0.6 is 11.3 Å². The number of hydrogen-bond donors (Lipinski definition) is 0. The Hall–Kier alpha value is -2.21. The van der Waals surface area contributed by atoms with E-state index in [4.69, 9.17) is 0 Å². The second-order valence-electron chi connectivity index (χ2n) is 5.13. The number of carbonyl (C=O) groups is 1. The topological polar surface area (TPSA) is 63.5 Å². The highest BCUT2D eigenvalue weighted by Crippen LogP contribution is 2.34. The third-order valence-electron chi connectivity index (χ3n) is 3.80. The summed E-state index contributed by atoms with van der Waals surface area (Å²) in [5.41, 5.74) is 2.77. The van der Waals surface area contributed by atoms with Crippen molar-refractivity contribution in [1.29, 1.82) is 0 Å². The van der Waals surface area contributed by atoms with Gasteiger partial charge in [0.25, 0.3) is 11.6 Å². The predicted molar refractivity (Wildman–Crippen MR) is 82.3 cm³/mol. The number of nitro benzene ring substituents is 1. The van der Waals surface area contributed by atoms with Gasteiger partial charge in [-0.3, -0.25) is 14.9 Å². The lowest BCUT2D eigenvalue weighted by Gasteiger charge is -2.16. The summed E-state index contributed by atoms with van der Waals surface area (Å²) >= 11 is 1.47. The number of fused-ring (bicyclic) bond motifs is 1. The summed E-state index contributed by atoms with van der Waals surface area (Å²) in [6.07, 6.45) is 0.738. The number of aryl methyl sites for hydroxylation is 2. The minimum atomic E-state index is -0.430. The average Bonchev–Trinajstić information content (AvgIpc) is 3.01. The zero-order chi connectivity index (χ0) is 15.1. The molecule has 0 bridgehead atoms. The Morgan fingerprint density at radius 3 is 2.71 bits per heavy atom. The van der Waals surface area contributed by atoms with E-state index in [0.717, 1.165) is 22.4 Å². The van der Waals surface area contributed by atoms with Crippen molar-refractivity contribution in [3.05, 3.63) is 55.3 Å². The zero-order valence-corrected chi connectivity index (χ0v) is 12.6. The monoisotopic (exact) mass is 302 g/mol. The molecular weight excluding hydrogens is 288 g/mol. The Morgan fingerprint density at radius 2 is 2.10 bits per heavy atom. The molecule has 3 rings (SSSR count). The molecule has 6 heteroatoms. The van der Waals surface area contributed by atoms with E-state index in [-0.39, 0.29) is 11.6 Å². The van der Waals surface area contributed by atoms with Crippen molar-refractivity contribution in [3.63, 3.8) is 0 Å². The van der Waals surface area contributed by atoms with Gasteiger partial charge in [0.05, 0.1) is 15.5 Å². The molecule has 0 unspecified atom stereocenters. The van der Waals surface area contributed by atoms with Crippen molar-refractivity contribution in [3.8, 4) is 0 Å². The van der Waals surface area contributed by atoms with Crippen LogP contribution < -0.4 is 4.90 Å². The number of amides is 1. The number of nitrogens with zero attached hydrogens (tertiary/aromatic N) is 2. The fraction of sp³-hybridized carbons (Fsp3) is 0.267. The van der Waals surface area contributed by atoms with Gasteiger partial charge in [-0.1, -0.05) is 6.07 Å². The number of rotatable bonds is 2. The zero-order valence-electron chi connectivity index (χ0n) is 11.8. The molecule has 0 saturated carbocycles. The van der Waals surface area contributed by atoms with Crippen LogP contribution in [0, 0.1) is 24.0 Å². The smallest absolute Gasteiger partial charge is 0.271 e. The number of benzene rings is 1. The van der Waals surface area contributed by atoms with Crippen molar-refractivity contribution in [1.82, 2.24) is 0 Å². The van der Waals surface area contributed by atoms with Crippen LogP contribution in [-0.2, 0) is 6.42 Å². The summed E-state index contributed by atoms with van der Waals surface area (Å²) in [5.74, 6) is -0.0737. The van der Waals surface area contributed by atoms with Gasteiger partial charge in [0.1, 0.15) is 0 Å². The molecular formula is C15H14N2O3S. The first kappa shape index (κ1) is 13.8. The molecule has 21 heavy (non-hydrogen) atoms. The van der Waals surface area contributed by atoms with Gasteiger partial charge < -0.3 is 4.90 Å². The first-order chi connectivity index (χ1) is 9.97. The van der Waals surface area contributed by atoms with E-state index in [1.54, 1.807) is 11.0 Å². The van der Waals surface area contributed by atoms with E-state index in [1.807, 2.05) is 19.9 Å². The molecule has 1 amide bonds. The van der Waals surface area contributed by atoms with Gasteiger partial charge in [-0.15, -0.1) is 11.3 Å². The first-order valence-electron chi connectivity index (χ1n) is 6.63. The van der Waals surface area contributed by atoms with Crippen LogP contribution in [0.3, 0.4) is 0 Å². The molecule has 0 N–H and O–H groups in total. The maximum Gasteiger partial charge on any atom is 0.271 e.